The largest absolute Gasteiger partial charge is 0.0928 e. The minimum absolute atomic E-state index is 0.457. The van der Waals surface area contributed by atoms with Gasteiger partial charge >= 0.3 is 0 Å². The van der Waals surface area contributed by atoms with E-state index in [0.717, 1.165) is 11.8 Å². The number of benzene rings is 1. The van der Waals surface area contributed by atoms with Crippen LogP contribution in [0.2, 0.25) is 0 Å². The van der Waals surface area contributed by atoms with Gasteiger partial charge in [0.15, 0.2) is 0 Å². The van der Waals surface area contributed by atoms with Gasteiger partial charge in [0.05, 0.1) is 0 Å². The number of alkyl halides is 2. The second-order valence-corrected chi connectivity index (χ2v) is 5.27. The van der Waals surface area contributed by atoms with Crippen molar-refractivity contribution < 1.29 is 0 Å². The van der Waals surface area contributed by atoms with Gasteiger partial charge in [-0.3, -0.25) is 0 Å². The molecular formula is C11H14Br2. The summed E-state index contributed by atoms with van der Waals surface area (Å²) >= 11 is 7.07. The lowest BCUT2D eigenvalue weighted by Crippen LogP contribution is -1.94. The minimum atomic E-state index is 0.457. The SMILES string of the molecule is CC(Br)c1ccccc1CCCBr. The van der Waals surface area contributed by atoms with Gasteiger partial charge in [0.2, 0.25) is 0 Å². The molecule has 2 heteroatoms. The Morgan fingerprint density at radius 2 is 2.00 bits per heavy atom. The van der Waals surface area contributed by atoms with Gasteiger partial charge in [0.25, 0.3) is 0 Å². The van der Waals surface area contributed by atoms with E-state index in [2.05, 4.69) is 63.0 Å². The first-order valence-corrected chi connectivity index (χ1v) is 6.57. The van der Waals surface area contributed by atoms with Crippen molar-refractivity contribution in [1.82, 2.24) is 0 Å². The van der Waals surface area contributed by atoms with Crippen LogP contribution >= 0.6 is 31.9 Å². The molecule has 0 aliphatic rings. The molecule has 0 saturated heterocycles. The predicted molar refractivity (Wildman–Crippen MR) is 65.9 cm³/mol. The Bertz CT molecular complexity index is 256. The average molecular weight is 306 g/mol. The van der Waals surface area contributed by atoms with Crippen LogP contribution in [0.5, 0.6) is 0 Å². The molecule has 0 bridgehead atoms. The Labute approximate surface area is 97.0 Å². The van der Waals surface area contributed by atoms with Crippen LogP contribution in [0.3, 0.4) is 0 Å². The fourth-order valence-electron chi connectivity index (χ4n) is 1.41. The van der Waals surface area contributed by atoms with Crippen LogP contribution in [0, 0.1) is 0 Å². The summed E-state index contributed by atoms with van der Waals surface area (Å²) in [6.07, 6.45) is 2.37. The second-order valence-electron chi connectivity index (χ2n) is 3.11. The lowest BCUT2D eigenvalue weighted by Gasteiger charge is -2.10. The fourth-order valence-corrected chi connectivity index (χ4v) is 2.13. The van der Waals surface area contributed by atoms with Gasteiger partial charge in [0.1, 0.15) is 0 Å². The molecule has 0 nitrogen and oxygen atoms in total. The average Bonchev–Trinajstić information content (AvgIpc) is 2.15. The molecule has 0 aliphatic carbocycles. The number of hydrogen-bond acceptors (Lipinski definition) is 0. The maximum atomic E-state index is 3.61. The number of rotatable bonds is 4. The summed E-state index contributed by atoms with van der Waals surface area (Å²) in [5, 5.41) is 1.08. The summed E-state index contributed by atoms with van der Waals surface area (Å²) in [7, 11) is 0. The number of halogens is 2. The maximum absolute atomic E-state index is 3.61. The number of hydrogen-bond donors (Lipinski definition) is 0. The molecule has 0 aromatic heterocycles. The first-order valence-electron chi connectivity index (χ1n) is 4.53. The normalized spacial score (nSPS) is 12.8. The lowest BCUT2D eigenvalue weighted by atomic mass is 10.0. The smallest absolute Gasteiger partial charge is 0.0369 e. The highest BCUT2D eigenvalue weighted by Crippen LogP contribution is 2.25. The molecule has 0 fully saturated rings. The fraction of sp³-hybridized carbons (Fsp3) is 0.455. The zero-order valence-corrected chi connectivity index (χ0v) is 10.9. The van der Waals surface area contributed by atoms with Crippen molar-refractivity contribution in [2.75, 3.05) is 5.33 Å². The van der Waals surface area contributed by atoms with Gasteiger partial charge in [-0.25, -0.2) is 0 Å². The molecule has 1 aromatic rings. The zero-order valence-electron chi connectivity index (χ0n) is 7.76. The summed E-state index contributed by atoms with van der Waals surface area (Å²) in [5.41, 5.74) is 2.88. The molecule has 1 atom stereocenters. The molecule has 0 aliphatic heterocycles. The third-order valence-electron chi connectivity index (χ3n) is 2.06. The summed E-state index contributed by atoms with van der Waals surface area (Å²) < 4.78 is 0. The van der Waals surface area contributed by atoms with E-state index in [9.17, 15) is 0 Å². The highest BCUT2D eigenvalue weighted by molar-refractivity contribution is 9.09. The van der Waals surface area contributed by atoms with E-state index in [-0.39, 0.29) is 0 Å². The Balaban J connectivity index is 2.78. The highest BCUT2D eigenvalue weighted by Gasteiger charge is 2.05. The van der Waals surface area contributed by atoms with Crippen molar-refractivity contribution >= 4 is 31.9 Å². The van der Waals surface area contributed by atoms with Gasteiger partial charge in [-0.05, 0) is 30.9 Å². The molecule has 1 aromatic carbocycles. The van der Waals surface area contributed by atoms with E-state index in [0.29, 0.717) is 4.83 Å². The molecule has 0 heterocycles. The van der Waals surface area contributed by atoms with Crippen LogP contribution < -0.4 is 0 Å². The summed E-state index contributed by atoms with van der Waals surface area (Å²) in [6.45, 7) is 2.17. The van der Waals surface area contributed by atoms with E-state index in [1.165, 1.54) is 17.5 Å². The van der Waals surface area contributed by atoms with Gasteiger partial charge in [-0.15, -0.1) is 0 Å². The monoisotopic (exact) mass is 304 g/mol. The van der Waals surface area contributed by atoms with Crippen molar-refractivity contribution in [3.8, 4) is 0 Å². The Hall–Kier alpha value is 0.180. The van der Waals surface area contributed by atoms with Crippen LogP contribution in [0.1, 0.15) is 29.3 Å². The predicted octanol–water partition coefficient (Wildman–Crippen LogP) is 4.47. The third kappa shape index (κ3) is 3.43. The van der Waals surface area contributed by atoms with Crippen LogP contribution in [-0.4, -0.2) is 5.33 Å². The molecular weight excluding hydrogens is 292 g/mol. The van der Waals surface area contributed by atoms with E-state index in [4.69, 9.17) is 0 Å². The van der Waals surface area contributed by atoms with Gasteiger partial charge in [-0.1, -0.05) is 56.1 Å². The first kappa shape index (κ1) is 11.3. The van der Waals surface area contributed by atoms with Crippen molar-refractivity contribution in [2.45, 2.75) is 24.6 Å². The van der Waals surface area contributed by atoms with Crippen molar-refractivity contribution in [3.05, 3.63) is 35.4 Å². The Morgan fingerprint density at radius 1 is 1.31 bits per heavy atom. The van der Waals surface area contributed by atoms with Crippen LogP contribution in [0.25, 0.3) is 0 Å². The molecule has 1 rings (SSSR count). The zero-order chi connectivity index (χ0) is 9.68. The molecule has 0 spiro atoms. The standard InChI is InChI=1S/C11H14Br2/c1-9(13)11-7-3-2-5-10(11)6-4-8-12/h2-3,5,7,9H,4,6,8H2,1H3. The van der Waals surface area contributed by atoms with Crippen molar-refractivity contribution in [2.24, 2.45) is 0 Å². The van der Waals surface area contributed by atoms with Crippen LogP contribution in [-0.2, 0) is 6.42 Å². The number of aryl methyl sites for hydroxylation is 1. The Kier molecular flexibility index (Phi) is 5.04. The molecule has 0 radical (unpaired) electrons. The highest BCUT2D eigenvalue weighted by atomic mass is 79.9. The van der Waals surface area contributed by atoms with Crippen LogP contribution in [0.4, 0.5) is 0 Å². The van der Waals surface area contributed by atoms with Crippen LogP contribution in [0.15, 0.2) is 24.3 Å². The molecule has 0 amide bonds. The molecule has 72 valence electrons. The Morgan fingerprint density at radius 3 is 2.62 bits per heavy atom. The van der Waals surface area contributed by atoms with E-state index < -0.39 is 0 Å². The second kappa shape index (κ2) is 5.82. The lowest BCUT2D eigenvalue weighted by molar-refractivity contribution is 0.912. The van der Waals surface area contributed by atoms with Gasteiger partial charge in [-0.2, -0.15) is 0 Å². The van der Waals surface area contributed by atoms with E-state index in [1.54, 1.807) is 0 Å². The first-order chi connectivity index (χ1) is 6.25. The van der Waals surface area contributed by atoms with Gasteiger partial charge in [0, 0.05) is 10.2 Å². The summed E-state index contributed by atoms with van der Waals surface area (Å²) in [5.74, 6) is 0. The molecule has 13 heavy (non-hydrogen) atoms. The third-order valence-corrected chi connectivity index (χ3v) is 3.12. The quantitative estimate of drug-likeness (QED) is 0.720. The summed E-state index contributed by atoms with van der Waals surface area (Å²) in [6, 6.07) is 8.63. The minimum Gasteiger partial charge on any atom is -0.0928 e. The van der Waals surface area contributed by atoms with Crippen molar-refractivity contribution in [3.63, 3.8) is 0 Å². The van der Waals surface area contributed by atoms with Crippen molar-refractivity contribution in [1.29, 1.82) is 0 Å². The molecule has 0 saturated carbocycles. The molecule has 0 N–H and O–H groups in total. The van der Waals surface area contributed by atoms with E-state index in [1.807, 2.05) is 0 Å². The van der Waals surface area contributed by atoms with Gasteiger partial charge < -0.3 is 0 Å². The van der Waals surface area contributed by atoms with E-state index >= 15 is 0 Å². The molecule has 1 unspecified atom stereocenters. The topological polar surface area (TPSA) is 0 Å². The maximum Gasteiger partial charge on any atom is 0.0369 e. The summed E-state index contributed by atoms with van der Waals surface area (Å²) in [4.78, 5) is 0.457.